The highest BCUT2D eigenvalue weighted by Gasteiger charge is 2.22. The first kappa shape index (κ1) is 19.2. The topological polar surface area (TPSA) is 49.8 Å². The van der Waals surface area contributed by atoms with Crippen LogP contribution in [0.25, 0.3) is 0 Å². The number of nitrogens with zero attached hydrogens (tertiary/aromatic N) is 3. The van der Waals surface area contributed by atoms with Crippen LogP contribution in [0.15, 0.2) is 34.6 Å². The molecule has 1 aromatic heterocycles. The van der Waals surface area contributed by atoms with Crippen molar-refractivity contribution in [3.63, 3.8) is 0 Å². The molecule has 0 aliphatic rings. The summed E-state index contributed by atoms with van der Waals surface area (Å²) in [5, 5.41) is 6.67. The molecule has 25 heavy (non-hydrogen) atoms. The van der Waals surface area contributed by atoms with Gasteiger partial charge in [0.25, 0.3) is 0 Å². The van der Waals surface area contributed by atoms with E-state index in [0.29, 0.717) is 0 Å². The summed E-state index contributed by atoms with van der Waals surface area (Å²) in [7, 11) is 5.53. The number of aryl methyl sites for hydroxylation is 1. The molecular weight excluding hydrogens is 332 g/mol. The summed E-state index contributed by atoms with van der Waals surface area (Å²) in [6.45, 7) is 8.00. The van der Waals surface area contributed by atoms with E-state index in [0.717, 1.165) is 35.5 Å². The minimum absolute atomic E-state index is 0.0275. The van der Waals surface area contributed by atoms with Gasteiger partial charge < -0.3 is 15.0 Å². The van der Waals surface area contributed by atoms with Crippen LogP contribution in [0.1, 0.15) is 30.1 Å². The Morgan fingerprint density at radius 2 is 2.00 bits per heavy atom. The van der Waals surface area contributed by atoms with E-state index in [1.165, 1.54) is 5.56 Å². The first-order valence-corrected chi connectivity index (χ1v) is 9.21. The average molecular weight is 361 g/mol. The quantitative estimate of drug-likeness (QED) is 0.633. The number of nitrogens with one attached hydrogen (secondary N) is 1. The number of methoxy groups -OCH3 is 1. The van der Waals surface area contributed by atoms with Crippen LogP contribution < -0.4 is 10.1 Å². The molecule has 0 spiro atoms. The summed E-state index contributed by atoms with van der Waals surface area (Å²) in [5.41, 5.74) is 2.30. The van der Waals surface area contributed by atoms with E-state index >= 15 is 0 Å². The zero-order chi connectivity index (χ0) is 18.4. The maximum Gasteiger partial charge on any atom is 0.193 e. The fourth-order valence-corrected chi connectivity index (χ4v) is 3.23. The van der Waals surface area contributed by atoms with Gasteiger partial charge in [-0.15, -0.1) is 11.3 Å². The van der Waals surface area contributed by atoms with Gasteiger partial charge in [0, 0.05) is 31.4 Å². The number of guanidine groups is 1. The minimum Gasteiger partial charge on any atom is -0.497 e. The first-order valence-electron chi connectivity index (χ1n) is 8.33. The van der Waals surface area contributed by atoms with Gasteiger partial charge in [-0.3, -0.25) is 4.99 Å². The lowest BCUT2D eigenvalue weighted by Crippen LogP contribution is -2.44. The normalized spacial score (nSPS) is 12.2. The van der Waals surface area contributed by atoms with Gasteiger partial charge in [-0.05, 0) is 24.6 Å². The largest absolute Gasteiger partial charge is 0.497 e. The predicted octanol–water partition coefficient (Wildman–Crippen LogP) is 3.45. The second-order valence-electron chi connectivity index (χ2n) is 6.73. The van der Waals surface area contributed by atoms with Crippen LogP contribution in [-0.2, 0) is 12.0 Å². The molecule has 0 saturated carbocycles. The van der Waals surface area contributed by atoms with Crippen molar-refractivity contribution in [3.05, 3.63) is 45.9 Å². The molecule has 0 aliphatic heterocycles. The molecule has 0 amide bonds. The van der Waals surface area contributed by atoms with Gasteiger partial charge in [0.2, 0.25) is 0 Å². The Kier molecular flexibility index (Phi) is 6.42. The molecule has 0 radical (unpaired) electrons. The molecule has 6 heteroatoms. The number of aliphatic imine (C=N–C) groups is 1. The summed E-state index contributed by atoms with van der Waals surface area (Å²) < 4.78 is 5.24. The maximum atomic E-state index is 5.24. The minimum atomic E-state index is -0.0275. The highest BCUT2D eigenvalue weighted by Crippen LogP contribution is 2.24. The van der Waals surface area contributed by atoms with Gasteiger partial charge >= 0.3 is 0 Å². The van der Waals surface area contributed by atoms with Crippen molar-refractivity contribution in [2.24, 2.45) is 4.99 Å². The van der Waals surface area contributed by atoms with Crippen LogP contribution in [-0.4, -0.2) is 43.6 Å². The van der Waals surface area contributed by atoms with Crippen LogP contribution in [0, 0.1) is 6.92 Å². The lowest BCUT2D eigenvalue weighted by atomic mass is 9.84. The number of thiazole rings is 1. The van der Waals surface area contributed by atoms with Crippen LogP contribution >= 0.6 is 11.3 Å². The Morgan fingerprint density at radius 3 is 2.52 bits per heavy atom. The number of aromatic nitrogens is 1. The van der Waals surface area contributed by atoms with E-state index in [1.807, 2.05) is 33.2 Å². The Hall–Kier alpha value is -2.08. The van der Waals surface area contributed by atoms with Crippen molar-refractivity contribution < 1.29 is 4.74 Å². The predicted molar refractivity (Wildman–Crippen MR) is 106 cm³/mol. The molecule has 2 aromatic rings. The Bertz CT molecular complexity index is 706. The number of rotatable bonds is 6. The highest BCUT2D eigenvalue weighted by atomic mass is 32.1. The standard InChI is InChI=1S/C19H28N4OS/c1-14-22-16(12-25-14)11-23(5)18(20-4)21-13-19(2,3)15-7-9-17(24-6)10-8-15/h7-10,12H,11,13H2,1-6H3,(H,20,21). The van der Waals surface area contributed by atoms with Crippen LogP contribution in [0.4, 0.5) is 0 Å². The van der Waals surface area contributed by atoms with Crippen LogP contribution in [0.5, 0.6) is 5.75 Å². The highest BCUT2D eigenvalue weighted by molar-refractivity contribution is 7.09. The Labute approximate surface area is 154 Å². The number of hydrogen-bond acceptors (Lipinski definition) is 4. The van der Waals surface area contributed by atoms with Crippen molar-refractivity contribution in [2.75, 3.05) is 27.7 Å². The molecule has 5 nitrogen and oxygen atoms in total. The third-order valence-electron chi connectivity index (χ3n) is 4.20. The summed E-state index contributed by atoms with van der Waals surface area (Å²) >= 11 is 1.68. The van der Waals surface area contributed by atoms with E-state index in [1.54, 1.807) is 18.4 Å². The first-order chi connectivity index (χ1) is 11.9. The summed E-state index contributed by atoms with van der Waals surface area (Å²) in [4.78, 5) is 11.0. The Balaban J connectivity index is 1.98. The van der Waals surface area contributed by atoms with E-state index in [-0.39, 0.29) is 5.41 Å². The fraction of sp³-hybridized carbons (Fsp3) is 0.474. The molecule has 0 atom stereocenters. The number of hydrogen-bond donors (Lipinski definition) is 1. The van der Waals surface area contributed by atoms with Gasteiger partial charge in [0.1, 0.15) is 5.75 Å². The molecule has 0 saturated heterocycles. The smallest absolute Gasteiger partial charge is 0.193 e. The summed E-state index contributed by atoms with van der Waals surface area (Å²) in [5.74, 6) is 1.74. The Morgan fingerprint density at radius 1 is 1.32 bits per heavy atom. The molecule has 0 bridgehead atoms. The van der Waals surface area contributed by atoms with E-state index in [9.17, 15) is 0 Å². The van der Waals surface area contributed by atoms with E-state index in [4.69, 9.17) is 4.74 Å². The fourth-order valence-electron chi connectivity index (χ4n) is 2.63. The second-order valence-corrected chi connectivity index (χ2v) is 7.79. The lowest BCUT2D eigenvalue weighted by Gasteiger charge is -2.29. The maximum absolute atomic E-state index is 5.24. The van der Waals surface area contributed by atoms with Crippen molar-refractivity contribution in [2.45, 2.75) is 32.7 Å². The zero-order valence-corrected chi connectivity index (χ0v) is 16.8. The van der Waals surface area contributed by atoms with Crippen LogP contribution in [0.3, 0.4) is 0 Å². The summed E-state index contributed by atoms with van der Waals surface area (Å²) in [6.07, 6.45) is 0. The second kappa shape index (κ2) is 8.34. The zero-order valence-electron chi connectivity index (χ0n) is 16.0. The monoisotopic (exact) mass is 360 g/mol. The van der Waals surface area contributed by atoms with Crippen LogP contribution in [0.2, 0.25) is 0 Å². The van der Waals surface area contributed by atoms with E-state index in [2.05, 4.69) is 51.6 Å². The van der Waals surface area contributed by atoms with Crippen molar-refractivity contribution in [3.8, 4) is 5.75 Å². The van der Waals surface area contributed by atoms with Gasteiger partial charge in [0.05, 0.1) is 24.4 Å². The molecule has 1 heterocycles. The average Bonchev–Trinajstić information content (AvgIpc) is 3.00. The molecule has 0 fully saturated rings. The van der Waals surface area contributed by atoms with Crippen molar-refractivity contribution >= 4 is 17.3 Å². The molecule has 136 valence electrons. The third kappa shape index (κ3) is 5.19. The van der Waals surface area contributed by atoms with Crippen molar-refractivity contribution in [1.29, 1.82) is 0 Å². The third-order valence-corrected chi connectivity index (χ3v) is 5.02. The SMILES string of the molecule is CN=C(NCC(C)(C)c1ccc(OC)cc1)N(C)Cc1csc(C)n1. The van der Waals surface area contributed by atoms with Gasteiger partial charge in [0.15, 0.2) is 5.96 Å². The number of ether oxygens (including phenoxy) is 1. The molecule has 0 aliphatic carbocycles. The summed E-state index contributed by atoms with van der Waals surface area (Å²) in [6, 6.07) is 8.24. The van der Waals surface area contributed by atoms with E-state index < -0.39 is 0 Å². The number of benzene rings is 1. The lowest BCUT2D eigenvalue weighted by molar-refractivity contribution is 0.413. The molecule has 2 rings (SSSR count). The van der Waals surface area contributed by atoms with Gasteiger partial charge in [-0.25, -0.2) is 4.98 Å². The van der Waals surface area contributed by atoms with Gasteiger partial charge in [-0.1, -0.05) is 26.0 Å². The molecule has 0 unspecified atom stereocenters. The van der Waals surface area contributed by atoms with Crippen molar-refractivity contribution in [1.82, 2.24) is 15.2 Å². The molecule has 1 N–H and O–H groups in total. The van der Waals surface area contributed by atoms with Gasteiger partial charge in [-0.2, -0.15) is 0 Å². The molecular formula is C19H28N4OS. The molecule has 1 aromatic carbocycles.